The van der Waals surface area contributed by atoms with Crippen LogP contribution in [0.25, 0.3) is 0 Å². The summed E-state index contributed by atoms with van der Waals surface area (Å²) >= 11 is 5.24. The van der Waals surface area contributed by atoms with Crippen molar-refractivity contribution in [3.8, 4) is 0 Å². The molecule has 0 saturated heterocycles. The number of benzene rings is 1. The molecule has 3 N–H and O–H groups in total. The number of aliphatic hydroxyl groups is 1. The zero-order valence-electron chi connectivity index (χ0n) is 6.60. The maximum absolute atomic E-state index is 12.8. The van der Waals surface area contributed by atoms with Gasteiger partial charge < -0.3 is 10.8 Å². The minimum atomic E-state index is -0.874. The fourth-order valence-electron chi connectivity index (χ4n) is 0.895. The average molecular weight is 208 g/mol. The summed E-state index contributed by atoms with van der Waals surface area (Å²) in [6.07, 6.45) is 0. The topological polar surface area (TPSA) is 46.2 Å². The van der Waals surface area contributed by atoms with Gasteiger partial charge in [-0.05, 0) is 17.7 Å². The second kappa shape index (κ2) is 4.00. The zero-order chi connectivity index (χ0) is 10.0. The van der Waals surface area contributed by atoms with Crippen LogP contribution in [0, 0.1) is 11.6 Å². The first-order valence-corrected chi connectivity index (χ1v) is 3.95. The summed E-state index contributed by atoms with van der Waals surface area (Å²) in [4.78, 5) is 0. The molecule has 1 rings (SSSR count). The minimum Gasteiger partial charge on any atom is -0.394 e. The first kappa shape index (κ1) is 10.4. The number of hydrogen-bond acceptors (Lipinski definition) is 2. The molecule has 0 fully saturated rings. The molecule has 1 unspecified atom stereocenters. The van der Waals surface area contributed by atoms with Crippen molar-refractivity contribution < 1.29 is 13.9 Å². The highest BCUT2D eigenvalue weighted by Gasteiger charge is 2.12. The van der Waals surface area contributed by atoms with E-state index < -0.39 is 22.7 Å². The standard InChI is InChI=1S/C8H8ClF2NO/c9-8-5(10)1-4(2-6(8)11)7(12)3-13/h1-2,7,13H,3,12H2. The van der Waals surface area contributed by atoms with Gasteiger partial charge in [-0.1, -0.05) is 11.6 Å². The maximum Gasteiger partial charge on any atom is 0.145 e. The molecule has 0 aliphatic carbocycles. The molecule has 0 amide bonds. The number of hydrogen-bond donors (Lipinski definition) is 2. The van der Waals surface area contributed by atoms with Crippen LogP contribution in [-0.2, 0) is 0 Å². The predicted molar refractivity (Wildman–Crippen MR) is 45.4 cm³/mol. The van der Waals surface area contributed by atoms with Crippen LogP contribution >= 0.6 is 11.6 Å². The molecular formula is C8H8ClF2NO. The number of halogens is 3. The molecule has 5 heteroatoms. The van der Waals surface area contributed by atoms with Crippen molar-refractivity contribution in [2.75, 3.05) is 6.61 Å². The van der Waals surface area contributed by atoms with Crippen LogP contribution in [0.15, 0.2) is 12.1 Å². The third kappa shape index (κ3) is 2.15. The number of nitrogens with two attached hydrogens (primary N) is 1. The van der Waals surface area contributed by atoms with Crippen molar-refractivity contribution in [3.63, 3.8) is 0 Å². The summed E-state index contributed by atoms with van der Waals surface area (Å²) in [5, 5.41) is 8.08. The van der Waals surface area contributed by atoms with Gasteiger partial charge in [-0.3, -0.25) is 0 Å². The predicted octanol–water partition coefficient (Wildman–Crippen LogP) is 1.61. The van der Waals surface area contributed by atoms with Crippen LogP contribution < -0.4 is 5.73 Å². The van der Waals surface area contributed by atoms with E-state index in [-0.39, 0.29) is 12.2 Å². The Kier molecular flexibility index (Phi) is 3.19. The van der Waals surface area contributed by atoms with Crippen molar-refractivity contribution in [3.05, 3.63) is 34.4 Å². The van der Waals surface area contributed by atoms with E-state index in [0.29, 0.717) is 0 Å². The molecular weight excluding hydrogens is 200 g/mol. The molecule has 0 heterocycles. The molecule has 13 heavy (non-hydrogen) atoms. The Morgan fingerprint density at radius 2 is 1.85 bits per heavy atom. The lowest BCUT2D eigenvalue weighted by Gasteiger charge is -2.09. The molecule has 0 bridgehead atoms. The van der Waals surface area contributed by atoms with Crippen molar-refractivity contribution in [2.45, 2.75) is 6.04 Å². The van der Waals surface area contributed by atoms with Gasteiger partial charge in [0.1, 0.15) is 16.7 Å². The van der Waals surface area contributed by atoms with Gasteiger partial charge in [0, 0.05) is 0 Å². The largest absolute Gasteiger partial charge is 0.394 e. The summed E-state index contributed by atoms with van der Waals surface area (Å²) in [5.41, 5.74) is 5.54. The lowest BCUT2D eigenvalue weighted by molar-refractivity contribution is 0.267. The fraction of sp³-hybridized carbons (Fsp3) is 0.250. The van der Waals surface area contributed by atoms with Crippen LogP contribution in [0.5, 0.6) is 0 Å². The van der Waals surface area contributed by atoms with Gasteiger partial charge in [-0.2, -0.15) is 0 Å². The van der Waals surface area contributed by atoms with E-state index in [1.54, 1.807) is 0 Å². The Labute approximate surface area is 78.9 Å². The van der Waals surface area contributed by atoms with E-state index in [9.17, 15) is 8.78 Å². The first-order valence-electron chi connectivity index (χ1n) is 3.57. The highest BCUT2D eigenvalue weighted by molar-refractivity contribution is 6.30. The molecule has 1 aromatic carbocycles. The Balaban J connectivity index is 3.13. The van der Waals surface area contributed by atoms with Gasteiger partial charge in [-0.25, -0.2) is 8.78 Å². The quantitative estimate of drug-likeness (QED) is 0.724. The minimum absolute atomic E-state index is 0.182. The maximum atomic E-state index is 12.8. The van der Waals surface area contributed by atoms with Gasteiger partial charge in [0.2, 0.25) is 0 Å². The van der Waals surface area contributed by atoms with Crippen LogP contribution in [0.2, 0.25) is 5.02 Å². The molecule has 0 radical (unpaired) electrons. The van der Waals surface area contributed by atoms with E-state index in [2.05, 4.69) is 0 Å². The summed E-state index contributed by atoms with van der Waals surface area (Å²) in [5.74, 6) is -1.75. The molecule has 0 aliphatic heterocycles. The van der Waals surface area contributed by atoms with Gasteiger partial charge >= 0.3 is 0 Å². The van der Waals surface area contributed by atoms with Crippen LogP contribution in [0.3, 0.4) is 0 Å². The smallest absolute Gasteiger partial charge is 0.145 e. The van der Waals surface area contributed by atoms with Crippen molar-refractivity contribution in [1.82, 2.24) is 0 Å². The summed E-state index contributed by atoms with van der Waals surface area (Å²) in [6, 6.07) is 1.22. The van der Waals surface area contributed by atoms with Gasteiger partial charge in [-0.15, -0.1) is 0 Å². The second-order valence-corrected chi connectivity index (χ2v) is 2.97. The van der Waals surface area contributed by atoms with Gasteiger partial charge in [0.15, 0.2) is 0 Å². The highest BCUT2D eigenvalue weighted by atomic mass is 35.5. The molecule has 0 saturated carbocycles. The summed E-state index contributed by atoms with van der Waals surface area (Å²) in [7, 11) is 0. The Bertz CT molecular complexity index is 296. The molecule has 72 valence electrons. The van der Waals surface area contributed by atoms with Crippen LogP contribution in [0.4, 0.5) is 8.78 Å². The summed E-state index contributed by atoms with van der Waals surface area (Å²) < 4.78 is 25.7. The molecule has 1 atom stereocenters. The normalized spacial score (nSPS) is 13.0. The highest BCUT2D eigenvalue weighted by Crippen LogP contribution is 2.22. The zero-order valence-corrected chi connectivity index (χ0v) is 7.35. The summed E-state index contributed by atoms with van der Waals surface area (Å²) in [6.45, 7) is -0.374. The number of rotatable bonds is 2. The molecule has 2 nitrogen and oxygen atoms in total. The van der Waals surface area contributed by atoms with E-state index in [1.165, 1.54) is 0 Å². The van der Waals surface area contributed by atoms with Crippen LogP contribution in [0.1, 0.15) is 11.6 Å². The van der Waals surface area contributed by atoms with E-state index in [1.807, 2.05) is 0 Å². The lowest BCUT2D eigenvalue weighted by Crippen LogP contribution is -2.15. The van der Waals surface area contributed by atoms with Crippen molar-refractivity contribution >= 4 is 11.6 Å². The first-order chi connectivity index (χ1) is 6.06. The monoisotopic (exact) mass is 207 g/mol. The molecule has 1 aromatic rings. The van der Waals surface area contributed by atoms with Crippen molar-refractivity contribution in [1.29, 1.82) is 0 Å². The molecule has 0 aromatic heterocycles. The lowest BCUT2D eigenvalue weighted by atomic mass is 10.1. The third-order valence-electron chi connectivity index (χ3n) is 1.63. The van der Waals surface area contributed by atoms with Gasteiger partial charge in [0.25, 0.3) is 0 Å². The van der Waals surface area contributed by atoms with Crippen LogP contribution in [-0.4, -0.2) is 11.7 Å². The Morgan fingerprint density at radius 3 is 2.23 bits per heavy atom. The third-order valence-corrected chi connectivity index (χ3v) is 1.99. The Morgan fingerprint density at radius 1 is 1.38 bits per heavy atom. The van der Waals surface area contributed by atoms with E-state index in [4.69, 9.17) is 22.4 Å². The molecule has 0 aliphatic rings. The Hall–Kier alpha value is -0.710. The number of aliphatic hydroxyl groups excluding tert-OH is 1. The molecule has 0 spiro atoms. The SMILES string of the molecule is NC(CO)c1cc(F)c(Cl)c(F)c1. The van der Waals surface area contributed by atoms with E-state index >= 15 is 0 Å². The van der Waals surface area contributed by atoms with Gasteiger partial charge in [0.05, 0.1) is 12.6 Å². The fourth-order valence-corrected chi connectivity index (χ4v) is 1.00. The van der Waals surface area contributed by atoms with Crippen molar-refractivity contribution in [2.24, 2.45) is 5.73 Å². The average Bonchev–Trinajstić information content (AvgIpc) is 2.12. The second-order valence-electron chi connectivity index (χ2n) is 2.59. The van der Waals surface area contributed by atoms with E-state index in [0.717, 1.165) is 12.1 Å².